The first-order valence-corrected chi connectivity index (χ1v) is 5.44. The lowest BCUT2D eigenvalue weighted by Gasteiger charge is -2.40. The van der Waals surface area contributed by atoms with Crippen LogP contribution >= 0.6 is 0 Å². The number of aliphatic hydroxyl groups is 1. The summed E-state index contributed by atoms with van der Waals surface area (Å²) in [5.41, 5.74) is 0. The first-order chi connectivity index (χ1) is 6.02. The van der Waals surface area contributed by atoms with Crippen LogP contribution in [0.4, 0.5) is 0 Å². The third-order valence-electron chi connectivity index (χ3n) is 3.24. The van der Waals surface area contributed by atoms with Crippen molar-refractivity contribution in [1.82, 2.24) is 4.90 Å². The number of nitrogens with zero attached hydrogens (tertiary/aromatic N) is 1. The number of likely N-dealkylation sites (tertiary alicyclic amines) is 1. The van der Waals surface area contributed by atoms with E-state index in [1.54, 1.807) is 0 Å². The molecular weight excluding hydrogens is 162 g/mol. The fraction of sp³-hybridized carbons (Fsp3) is 1.00. The molecule has 0 aromatic rings. The summed E-state index contributed by atoms with van der Waals surface area (Å²) in [4.78, 5) is 2.47. The van der Waals surface area contributed by atoms with Crippen LogP contribution in [-0.2, 0) is 0 Å². The van der Waals surface area contributed by atoms with Crippen LogP contribution in [0.5, 0.6) is 0 Å². The smallest absolute Gasteiger partial charge is 0.0595 e. The van der Waals surface area contributed by atoms with E-state index in [-0.39, 0.29) is 6.10 Å². The van der Waals surface area contributed by atoms with E-state index >= 15 is 0 Å². The van der Waals surface area contributed by atoms with Crippen LogP contribution in [-0.4, -0.2) is 35.2 Å². The van der Waals surface area contributed by atoms with Crippen molar-refractivity contribution in [2.24, 2.45) is 11.8 Å². The zero-order valence-corrected chi connectivity index (χ0v) is 9.33. The summed E-state index contributed by atoms with van der Waals surface area (Å²) in [5, 5.41) is 9.81. The van der Waals surface area contributed by atoms with Gasteiger partial charge >= 0.3 is 0 Å². The molecule has 0 amide bonds. The summed E-state index contributed by atoms with van der Waals surface area (Å²) in [7, 11) is 0. The van der Waals surface area contributed by atoms with Gasteiger partial charge in [-0.05, 0) is 32.1 Å². The molecule has 1 aliphatic rings. The lowest BCUT2D eigenvalue weighted by Crippen LogP contribution is -2.47. The van der Waals surface area contributed by atoms with Crippen molar-refractivity contribution in [1.29, 1.82) is 0 Å². The quantitative estimate of drug-likeness (QED) is 0.708. The van der Waals surface area contributed by atoms with Crippen LogP contribution in [0.2, 0.25) is 0 Å². The van der Waals surface area contributed by atoms with E-state index in [0.717, 1.165) is 19.5 Å². The van der Waals surface area contributed by atoms with Crippen LogP contribution in [0.15, 0.2) is 0 Å². The van der Waals surface area contributed by atoms with Gasteiger partial charge in [0.05, 0.1) is 6.10 Å². The highest BCUT2D eigenvalue weighted by molar-refractivity contribution is 4.83. The monoisotopic (exact) mass is 185 g/mol. The Bertz CT molecular complexity index is 156. The Kier molecular flexibility index (Phi) is 3.74. The number of hydrogen-bond donors (Lipinski definition) is 1. The molecule has 0 saturated carbocycles. The molecule has 1 heterocycles. The fourth-order valence-electron chi connectivity index (χ4n) is 2.12. The second-order valence-electron chi connectivity index (χ2n) is 4.85. The molecule has 0 spiro atoms. The average Bonchev–Trinajstić information content (AvgIpc) is 2.04. The minimum atomic E-state index is -0.0741. The molecule has 13 heavy (non-hydrogen) atoms. The van der Waals surface area contributed by atoms with Crippen LogP contribution in [0, 0.1) is 11.8 Å². The first kappa shape index (κ1) is 11.0. The molecule has 2 heteroatoms. The van der Waals surface area contributed by atoms with Crippen LogP contribution in [0.3, 0.4) is 0 Å². The lowest BCUT2D eigenvalue weighted by atomic mass is 9.85. The second kappa shape index (κ2) is 4.43. The molecule has 1 rings (SSSR count). The van der Waals surface area contributed by atoms with Crippen molar-refractivity contribution in [3.63, 3.8) is 0 Å². The maximum atomic E-state index is 9.81. The highest BCUT2D eigenvalue weighted by atomic mass is 16.3. The fourth-order valence-corrected chi connectivity index (χ4v) is 2.12. The van der Waals surface area contributed by atoms with Crippen molar-refractivity contribution < 1.29 is 5.11 Å². The molecule has 1 aliphatic heterocycles. The molecule has 2 nitrogen and oxygen atoms in total. The van der Waals surface area contributed by atoms with Gasteiger partial charge < -0.3 is 10.0 Å². The highest BCUT2D eigenvalue weighted by Gasteiger charge is 2.30. The number of piperidine rings is 1. The summed E-state index contributed by atoms with van der Waals surface area (Å²) < 4.78 is 0. The number of hydrogen-bond acceptors (Lipinski definition) is 2. The third kappa shape index (κ3) is 2.68. The number of aliphatic hydroxyl groups excluding tert-OH is 1. The van der Waals surface area contributed by atoms with E-state index < -0.39 is 0 Å². The van der Waals surface area contributed by atoms with Gasteiger partial charge in [-0.25, -0.2) is 0 Å². The molecule has 0 bridgehead atoms. The maximum Gasteiger partial charge on any atom is 0.0595 e. The van der Waals surface area contributed by atoms with Crippen molar-refractivity contribution in [3.8, 4) is 0 Å². The summed E-state index contributed by atoms with van der Waals surface area (Å²) in [5.74, 6) is 1.06. The maximum absolute atomic E-state index is 9.81. The van der Waals surface area contributed by atoms with Crippen molar-refractivity contribution in [2.45, 2.75) is 46.3 Å². The SMILES string of the molecule is CC(C)C1CN(C(C)C)CC[C@@H]1O. The van der Waals surface area contributed by atoms with Gasteiger partial charge in [-0.1, -0.05) is 13.8 Å². The standard InChI is InChI=1S/C11H23NO/c1-8(2)10-7-12(9(3)4)6-5-11(10)13/h8-11,13H,5-7H2,1-4H3/t10?,11-/m0/s1. The average molecular weight is 185 g/mol. The molecule has 2 atom stereocenters. The van der Waals surface area contributed by atoms with Gasteiger partial charge in [-0.2, -0.15) is 0 Å². The van der Waals surface area contributed by atoms with E-state index in [1.165, 1.54) is 0 Å². The summed E-state index contributed by atoms with van der Waals surface area (Å²) in [6, 6.07) is 0.619. The van der Waals surface area contributed by atoms with Gasteiger partial charge in [-0.3, -0.25) is 0 Å². The predicted molar refractivity (Wildman–Crippen MR) is 55.7 cm³/mol. The van der Waals surface area contributed by atoms with E-state index in [2.05, 4.69) is 32.6 Å². The van der Waals surface area contributed by atoms with Gasteiger partial charge in [0.25, 0.3) is 0 Å². The van der Waals surface area contributed by atoms with E-state index in [1.807, 2.05) is 0 Å². The first-order valence-electron chi connectivity index (χ1n) is 5.44. The summed E-state index contributed by atoms with van der Waals surface area (Å²) in [6.45, 7) is 11.0. The normalized spacial score (nSPS) is 31.6. The topological polar surface area (TPSA) is 23.5 Å². The zero-order chi connectivity index (χ0) is 10.0. The van der Waals surface area contributed by atoms with Crippen molar-refractivity contribution >= 4 is 0 Å². The molecule has 1 saturated heterocycles. The van der Waals surface area contributed by atoms with Crippen LogP contribution < -0.4 is 0 Å². The lowest BCUT2D eigenvalue weighted by molar-refractivity contribution is -0.00407. The number of rotatable bonds is 2. The van der Waals surface area contributed by atoms with Crippen LogP contribution in [0.1, 0.15) is 34.1 Å². The molecule has 78 valence electrons. The Morgan fingerprint density at radius 2 is 1.85 bits per heavy atom. The Hall–Kier alpha value is -0.0800. The molecule has 0 radical (unpaired) electrons. The highest BCUT2D eigenvalue weighted by Crippen LogP contribution is 2.25. The molecule has 0 aromatic heterocycles. The third-order valence-corrected chi connectivity index (χ3v) is 3.24. The zero-order valence-electron chi connectivity index (χ0n) is 9.33. The van der Waals surface area contributed by atoms with Gasteiger partial charge in [0.15, 0.2) is 0 Å². The molecule has 1 unspecified atom stereocenters. The Morgan fingerprint density at radius 1 is 1.23 bits per heavy atom. The van der Waals surface area contributed by atoms with Crippen molar-refractivity contribution in [3.05, 3.63) is 0 Å². The van der Waals surface area contributed by atoms with E-state index in [0.29, 0.717) is 17.9 Å². The van der Waals surface area contributed by atoms with E-state index in [9.17, 15) is 5.11 Å². The molecule has 0 aromatic carbocycles. The van der Waals surface area contributed by atoms with Gasteiger partial charge in [0.2, 0.25) is 0 Å². The Balaban J connectivity index is 2.53. The predicted octanol–water partition coefficient (Wildman–Crippen LogP) is 1.73. The summed E-state index contributed by atoms with van der Waals surface area (Å²) in [6.07, 6.45) is 0.871. The minimum absolute atomic E-state index is 0.0741. The van der Waals surface area contributed by atoms with Gasteiger partial charge in [0, 0.05) is 19.1 Å². The second-order valence-corrected chi connectivity index (χ2v) is 4.85. The van der Waals surface area contributed by atoms with Gasteiger partial charge in [0.1, 0.15) is 0 Å². The largest absolute Gasteiger partial charge is 0.393 e. The van der Waals surface area contributed by atoms with Crippen molar-refractivity contribution in [2.75, 3.05) is 13.1 Å². The Labute approximate surface area is 81.9 Å². The summed E-state index contributed by atoms with van der Waals surface area (Å²) >= 11 is 0. The minimum Gasteiger partial charge on any atom is -0.393 e. The van der Waals surface area contributed by atoms with Gasteiger partial charge in [-0.15, -0.1) is 0 Å². The molecule has 1 N–H and O–H groups in total. The van der Waals surface area contributed by atoms with E-state index in [4.69, 9.17) is 0 Å². The molecule has 0 aliphatic carbocycles. The molecular formula is C11H23NO. The van der Waals surface area contributed by atoms with Crippen LogP contribution in [0.25, 0.3) is 0 Å². The molecule has 1 fully saturated rings. The Morgan fingerprint density at radius 3 is 2.31 bits per heavy atom.